The lowest BCUT2D eigenvalue weighted by molar-refractivity contribution is 0.0934. The van der Waals surface area contributed by atoms with Gasteiger partial charge in [-0.25, -0.2) is 0 Å². The third-order valence-electron chi connectivity index (χ3n) is 7.90. The SMILES string of the molecule is CCOc1cc([C@@H]2NC(=O)c3c(sc4c3CC[C@@H](C(C)(C)CC)C4)N2)ccc1OCc1ccccc1. The molecular weight excluding hydrogens is 468 g/mol. The average molecular weight is 505 g/mol. The topological polar surface area (TPSA) is 59.6 Å². The monoisotopic (exact) mass is 504 g/mol. The summed E-state index contributed by atoms with van der Waals surface area (Å²) >= 11 is 1.77. The normalized spacial score (nSPS) is 19.1. The van der Waals surface area contributed by atoms with Gasteiger partial charge in [0.1, 0.15) is 17.8 Å². The van der Waals surface area contributed by atoms with E-state index in [1.54, 1.807) is 11.3 Å². The molecular formula is C30H36N2O3S. The Balaban J connectivity index is 1.36. The first-order valence-corrected chi connectivity index (χ1v) is 13.9. The van der Waals surface area contributed by atoms with Gasteiger partial charge in [0.2, 0.25) is 0 Å². The van der Waals surface area contributed by atoms with Crippen LogP contribution >= 0.6 is 11.3 Å². The maximum absolute atomic E-state index is 13.3. The van der Waals surface area contributed by atoms with Gasteiger partial charge in [-0.1, -0.05) is 63.6 Å². The number of fused-ring (bicyclic) bond motifs is 3. The Kier molecular flexibility index (Phi) is 6.98. The lowest BCUT2D eigenvalue weighted by atomic mass is 9.69. The van der Waals surface area contributed by atoms with Gasteiger partial charge in [-0.3, -0.25) is 4.79 Å². The quantitative estimate of drug-likeness (QED) is 0.343. The summed E-state index contributed by atoms with van der Waals surface area (Å²) in [6, 6.07) is 16.0. The van der Waals surface area contributed by atoms with Crippen molar-refractivity contribution in [3.63, 3.8) is 0 Å². The molecule has 0 bridgehead atoms. The van der Waals surface area contributed by atoms with E-state index >= 15 is 0 Å². The second kappa shape index (κ2) is 10.2. The number of benzene rings is 2. The number of ether oxygens (including phenoxy) is 2. The van der Waals surface area contributed by atoms with E-state index in [0.29, 0.717) is 36.0 Å². The van der Waals surface area contributed by atoms with Crippen LogP contribution in [0.1, 0.15) is 78.6 Å². The second-order valence-corrected chi connectivity index (χ2v) is 11.6. The zero-order valence-corrected chi connectivity index (χ0v) is 22.5. The van der Waals surface area contributed by atoms with E-state index in [-0.39, 0.29) is 12.1 Å². The van der Waals surface area contributed by atoms with Gasteiger partial charge in [0.15, 0.2) is 11.5 Å². The van der Waals surface area contributed by atoms with Gasteiger partial charge >= 0.3 is 0 Å². The minimum atomic E-state index is -0.310. The van der Waals surface area contributed by atoms with Gasteiger partial charge in [-0.2, -0.15) is 0 Å². The number of carbonyl (C=O) groups excluding carboxylic acids is 1. The summed E-state index contributed by atoms with van der Waals surface area (Å²) < 4.78 is 12.0. The molecule has 0 saturated carbocycles. The fourth-order valence-corrected chi connectivity index (χ4v) is 6.60. The van der Waals surface area contributed by atoms with Crippen LogP contribution in [-0.2, 0) is 19.4 Å². The van der Waals surface area contributed by atoms with E-state index in [1.165, 1.54) is 16.9 Å². The van der Waals surface area contributed by atoms with Crippen molar-refractivity contribution in [2.75, 3.05) is 11.9 Å². The van der Waals surface area contributed by atoms with Gasteiger partial charge in [-0.15, -0.1) is 11.3 Å². The Hall–Kier alpha value is -2.99. The van der Waals surface area contributed by atoms with Crippen molar-refractivity contribution in [2.24, 2.45) is 11.3 Å². The number of hydrogen-bond acceptors (Lipinski definition) is 5. The summed E-state index contributed by atoms with van der Waals surface area (Å²) in [4.78, 5) is 14.6. The molecule has 2 aromatic carbocycles. The maximum Gasteiger partial charge on any atom is 0.256 e. The molecule has 2 aliphatic rings. The minimum Gasteiger partial charge on any atom is -0.490 e. The molecule has 1 aliphatic carbocycles. The molecule has 36 heavy (non-hydrogen) atoms. The Morgan fingerprint density at radius 3 is 2.58 bits per heavy atom. The standard InChI is InChI=1S/C30H36N2O3S/c1-5-30(3,4)21-13-14-22-25(17-21)36-29-26(22)28(33)31-27(32-29)20-12-15-23(24(16-20)34-6-2)35-18-19-10-8-7-9-11-19/h7-12,15-16,21,27,32H,5-6,13-14,17-18H2,1-4H3,(H,31,33)/t21-,27-/m1/s1. The van der Waals surface area contributed by atoms with Crippen molar-refractivity contribution < 1.29 is 14.3 Å². The highest BCUT2D eigenvalue weighted by Crippen LogP contribution is 2.47. The van der Waals surface area contributed by atoms with Crippen LogP contribution in [0, 0.1) is 11.3 Å². The van der Waals surface area contributed by atoms with Crippen molar-refractivity contribution in [1.29, 1.82) is 0 Å². The van der Waals surface area contributed by atoms with Crippen LogP contribution in [0.3, 0.4) is 0 Å². The van der Waals surface area contributed by atoms with Gasteiger partial charge < -0.3 is 20.1 Å². The Labute approximate surface area is 218 Å². The largest absolute Gasteiger partial charge is 0.490 e. The van der Waals surface area contributed by atoms with Gasteiger partial charge in [-0.05, 0) is 66.3 Å². The molecule has 0 fully saturated rings. The summed E-state index contributed by atoms with van der Waals surface area (Å²) in [6.07, 6.45) is 4.06. The molecule has 0 saturated heterocycles. The van der Waals surface area contributed by atoms with E-state index in [9.17, 15) is 4.79 Å². The van der Waals surface area contributed by atoms with Gasteiger partial charge in [0.05, 0.1) is 12.2 Å². The molecule has 0 spiro atoms. The van der Waals surface area contributed by atoms with Crippen molar-refractivity contribution in [3.8, 4) is 11.5 Å². The van der Waals surface area contributed by atoms with E-state index < -0.39 is 0 Å². The highest BCUT2D eigenvalue weighted by atomic mass is 32.1. The molecule has 0 unspecified atom stereocenters. The van der Waals surface area contributed by atoms with E-state index in [4.69, 9.17) is 9.47 Å². The van der Waals surface area contributed by atoms with E-state index in [1.807, 2.05) is 55.5 Å². The molecule has 0 radical (unpaired) electrons. The van der Waals surface area contributed by atoms with Gasteiger partial charge in [0.25, 0.3) is 5.91 Å². The van der Waals surface area contributed by atoms with Crippen molar-refractivity contribution in [2.45, 2.75) is 66.2 Å². The number of nitrogens with one attached hydrogen (secondary N) is 2. The Morgan fingerprint density at radius 2 is 1.83 bits per heavy atom. The van der Waals surface area contributed by atoms with Crippen LogP contribution < -0.4 is 20.1 Å². The van der Waals surface area contributed by atoms with Crippen LogP contribution in [0.15, 0.2) is 48.5 Å². The summed E-state index contributed by atoms with van der Waals surface area (Å²) in [5.74, 6) is 2.05. The third-order valence-corrected chi connectivity index (χ3v) is 9.08. The molecule has 1 aliphatic heterocycles. The lowest BCUT2D eigenvalue weighted by Gasteiger charge is -2.36. The molecule has 2 atom stereocenters. The first kappa shape index (κ1) is 24.7. The fourth-order valence-electron chi connectivity index (χ4n) is 5.25. The first-order chi connectivity index (χ1) is 17.4. The highest BCUT2D eigenvalue weighted by molar-refractivity contribution is 7.16. The minimum absolute atomic E-state index is 0.0156. The lowest BCUT2D eigenvalue weighted by Crippen LogP contribution is -2.38. The predicted molar refractivity (Wildman–Crippen MR) is 146 cm³/mol. The number of thiophene rings is 1. The molecule has 5 nitrogen and oxygen atoms in total. The number of amides is 1. The fraction of sp³-hybridized carbons (Fsp3) is 0.433. The summed E-state index contributed by atoms with van der Waals surface area (Å²) in [5, 5.41) is 7.78. The first-order valence-electron chi connectivity index (χ1n) is 13.0. The Morgan fingerprint density at radius 1 is 1.03 bits per heavy atom. The molecule has 6 heteroatoms. The van der Waals surface area contributed by atoms with Crippen LogP contribution in [0.25, 0.3) is 0 Å². The summed E-state index contributed by atoms with van der Waals surface area (Å²) in [5.41, 5.74) is 4.47. The molecule has 2 N–H and O–H groups in total. The number of anilines is 1. The van der Waals surface area contributed by atoms with E-state index in [2.05, 4.69) is 31.4 Å². The number of rotatable bonds is 8. The Bertz CT molecular complexity index is 1230. The average Bonchev–Trinajstić information content (AvgIpc) is 3.27. The third kappa shape index (κ3) is 4.83. The number of carbonyl (C=O) groups is 1. The molecule has 3 aromatic rings. The van der Waals surface area contributed by atoms with Crippen molar-refractivity contribution in [3.05, 3.63) is 75.7 Å². The van der Waals surface area contributed by atoms with Gasteiger partial charge in [0, 0.05) is 4.88 Å². The van der Waals surface area contributed by atoms with Crippen molar-refractivity contribution >= 4 is 22.2 Å². The van der Waals surface area contributed by atoms with Crippen molar-refractivity contribution in [1.82, 2.24) is 5.32 Å². The summed E-state index contributed by atoms with van der Waals surface area (Å²) in [7, 11) is 0. The maximum atomic E-state index is 13.3. The van der Waals surface area contributed by atoms with E-state index in [0.717, 1.165) is 41.0 Å². The zero-order valence-electron chi connectivity index (χ0n) is 21.6. The molecule has 1 aromatic heterocycles. The summed E-state index contributed by atoms with van der Waals surface area (Å²) in [6.45, 7) is 10.00. The zero-order chi connectivity index (χ0) is 25.3. The predicted octanol–water partition coefficient (Wildman–Crippen LogP) is 7.12. The molecule has 5 rings (SSSR count). The van der Waals surface area contributed by atoms with Crippen LogP contribution in [0.2, 0.25) is 0 Å². The molecule has 2 heterocycles. The smallest absolute Gasteiger partial charge is 0.256 e. The van der Waals surface area contributed by atoms with Crippen LogP contribution in [0.5, 0.6) is 11.5 Å². The van der Waals surface area contributed by atoms with Crippen LogP contribution in [0.4, 0.5) is 5.00 Å². The van der Waals surface area contributed by atoms with Crippen LogP contribution in [-0.4, -0.2) is 12.5 Å². The second-order valence-electron chi connectivity index (χ2n) is 10.5. The number of hydrogen-bond donors (Lipinski definition) is 2. The molecule has 1 amide bonds. The molecule has 190 valence electrons. The highest BCUT2D eigenvalue weighted by Gasteiger charge is 2.37.